The van der Waals surface area contributed by atoms with Gasteiger partial charge in [-0.1, -0.05) is 12.8 Å². The molecule has 1 saturated carbocycles. The van der Waals surface area contributed by atoms with Crippen LogP contribution in [0, 0.1) is 0 Å². The van der Waals surface area contributed by atoms with Crippen molar-refractivity contribution >= 4 is 22.7 Å². The molecule has 0 radical (unpaired) electrons. The molecule has 3 fully saturated rings. The minimum absolute atomic E-state index is 0.0426. The van der Waals surface area contributed by atoms with Crippen molar-refractivity contribution in [3.63, 3.8) is 0 Å². The summed E-state index contributed by atoms with van der Waals surface area (Å²) in [6, 6.07) is 8.21. The first-order chi connectivity index (χ1) is 15.1. The van der Waals surface area contributed by atoms with Crippen molar-refractivity contribution in [3.8, 4) is 0 Å². The van der Waals surface area contributed by atoms with Gasteiger partial charge in [-0.3, -0.25) is 14.5 Å². The normalized spacial score (nSPS) is 21.8. The Morgan fingerprint density at radius 2 is 1.52 bits per heavy atom. The van der Waals surface area contributed by atoms with Gasteiger partial charge in [0.2, 0.25) is 0 Å². The number of fused-ring (bicyclic) bond motifs is 1. The van der Waals surface area contributed by atoms with Crippen LogP contribution in [0.25, 0.3) is 10.9 Å². The predicted octanol–water partition coefficient (Wildman–Crippen LogP) is 2.47. The van der Waals surface area contributed by atoms with Gasteiger partial charge in [0, 0.05) is 61.8 Å². The fourth-order valence-corrected chi connectivity index (χ4v) is 5.36. The van der Waals surface area contributed by atoms with E-state index in [4.69, 9.17) is 0 Å². The summed E-state index contributed by atoms with van der Waals surface area (Å²) < 4.78 is 0. The van der Waals surface area contributed by atoms with Crippen LogP contribution < -0.4 is 0 Å². The minimum Gasteiger partial charge on any atom is -0.393 e. The predicted molar refractivity (Wildman–Crippen MR) is 119 cm³/mol. The number of piperidine rings is 1. The number of rotatable bonds is 3. The van der Waals surface area contributed by atoms with Gasteiger partial charge >= 0.3 is 0 Å². The van der Waals surface area contributed by atoms with Crippen molar-refractivity contribution < 1.29 is 14.7 Å². The monoisotopic (exact) mass is 424 g/mol. The Morgan fingerprint density at radius 3 is 2.23 bits per heavy atom. The highest BCUT2D eigenvalue weighted by Crippen LogP contribution is 2.25. The van der Waals surface area contributed by atoms with Crippen LogP contribution in [0.4, 0.5) is 0 Å². The third-order valence-electron chi connectivity index (χ3n) is 7.29. The van der Waals surface area contributed by atoms with Crippen molar-refractivity contribution in [2.24, 2.45) is 0 Å². The molecule has 31 heavy (non-hydrogen) atoms. The molecule has 0 atom stereocenters. The summed E-state index contributed by atoms with van der Waals surface area (Å²) in [5, 5.41) is 10.6. The molecule has 1 aliphatic carbocycles. The van der Waals surface area contributed by atoms with Gasteiger partial charge in [0.15, 0.2) is 0 Å². The number of piperazine rings is 1. The summed E-state index contributed by atoms with van der Waals surface area (Å²) >= 11 is 0. The van der Waals surface area contributed by atoms with Gasteiger partial charge in [-0.05, 0) is 49.9 Å². The second-order valence-electron chi connectivity index (χ2n) is 9.27. The average molecular weight is 425 g/mol. The molecule has 1 aromatic heterocycles. The molecule has 0 spiro atoms. The molecule has 1 aromatic carbocycles. The quantitative estimate of drug-likeness (QED) is 0.793. The van der Waals surface area contributed by atoms with Crippen molar-refractivity contribution in [1.82, 2.24) is 19.7 Å². The largest absolute Gasteiger partial charge is 0.393 e. The summed E-state index contributed by atoms with van der Waals surface area (Å²) in [4.78, 5) is 35.4. The lowest BCUT2D eigenvalue weighted by Gasteiger charge is -2.38. The molecule has 0 unspecified atom stereocenters. The molecule has 3 aliphatic rings. The first-order valence-electron chi connectivity index (χ1n) is 11.7. The van der Waals surface area contributed by atoms with E-state index in [1.807, 2.05) is 29.2 Å². The van der Waals surface area contributed by atoms with Gasteiger partial charge in [0.05, 0.1) is 6.10 Å². The molecule has 166 valence electrons. The first-order valence-corrected chi connectivity index (χ1v) is 11.7. The number of aliphatic hydroxyl groups is 1. The average Bonchev–Trinajstić information content (AvgIpc) is 3.48. The Labute approximate surface area is 183 Å². The first kappa shape index (κ1) is 20.5. The Kier molecular flexibility index (Phi) is 5.71. The van der Waals surface area contributed by atoms with E-state index in [0.29, 0.717) is 43.2 Å². The minimum atomic E-state index is -0.305. The van der Waals surface area contributed by atoms with Gasteiger partial charge in [-0.25, -0.2) is 0 Å². The molecule has 5 rings (SSSR count). The van der Waals surface area contributed by atoms with Crippen LogP contribution in [-0.4, -0.2) is 88.0 Å². The molecule has 2 saturated heterocycles. The number of amides is 2. The summed E-state index contributed by atoms with van der Waals surface area (Å²) in [5.74, 6) is 0.0334. The van der Waals surface area contributed by atoms with E-state index in [1.165, 1.54) is 25.7 Å². The fourth-order valence-electron chi connectivity index (χ4n) is 5.36. The highest BCUT2D eigenvalue weighted by molar-refractivity contribution is 6.01. The maximum atomic E-state index is 13.1. The second kappa shape index (κ2) is 8.63. The number of benzene rings is 1. The second-order valence-corrected chi connectivity index (χ2v) is 9.27. The summed E-state index contributed by atoms with van der Waals surface area (Å²) in [6.45, 7) is 4.64. The molecular weight excluding hydrogens is 392 g/mol. The number of H-pyrrole nitrogens is 1. The summed E-state index contributed by atoms with van der Waals surface area (Å²) in [7, 11) is 0. The Hall–Kier alpha value is -2.38. The summed E-state index contributed by atoms with van der Waals surface area (Å²) in [6.07, 6.45) is 6.22. The number of nitrogens with one attached hydrogen (secondary N) is 1. The van der Waals surface area contributed by atoms with E-state index in [9.17, 15) is 14.7 Å². The topological polar surface area (TPSA) is 79.9 Å². The van der Waals surface area contributed by atoms with Gasteiger partial charge in [0.1, 0.15) is 5.69 Å². The number of aromatic nitrogens is 1. The van der Waals surface area contributed by atoms with Crippen LogP contribution in [0.5, 0.6) is 0 Å². The van der Waals surface area contributed by atoms with Gasteiger partial charge in [-0.15, -0.1) is 0 Å². The lowest BCUT2D eigenvalue weighted by Crippen LogP contribution is -2.51. The van der Waals surface area contributed by atoms with Gasteiger partial charge in [-0.2, -0.15) is 0 Å². The van der Waals surface area contributed by atoms with Crippen molar-refractivity contribution in [2.45, 2.75) is 50.7 Å². The third kappa shape index (κ3) is 4.21. The van der Waals surface area contributed by atoms with Crippen LogP contribution in [0.15, 0.2) is 24.3 Å². The third-order valence-corrected chi connectivity index (χ3v) is 7.29. The number of hydrogen-bond donors (Lipinski definition) is 2. The molecule has 2 amide bonds. The number of aliphatic hydroxyl groups excluding tert-OH is 1. The molecular formula is C24H32N4O3. The fraction of sp³-hybridized carbons (Fsp3) is 0.583. The number of nitrogens with zero attached hydrogens (tertiary/aromatic N) is 3. The lowest BCUT2D eigenvalue weighted by atomic mass is 10.1. The van der Waals surface area contributed by atoms with E-state index in [0.717, 1.165) is 37.1 Å². The zero-order valence-electron chi connectivity index (χ0n) is 18.1. The highest BCUT2D eigenvalue weighted by atomic mass is 16.3. The van der Waals surface area contributed by atoms with Gasteiger partial charge in [0.25, 0.3) is 11.8 Å². The molecule has 2 N–H and O–H groups in total. The standard InChI is InChI=1S/C24H32N4O3/c29-20-7-9-27(10-8-20)24(31)22-16-18-15-17(5-6-21(18)25-22)23(30)28-13-11-26(12-14-28)19-3-1-2-4-19/h5-6,15-16,19-20,25,29H,1-4,7-14H2. The van der Waals surface area contributed by atoms with Crippen molar-refractivity contribution in [3.05, 3.63) is 35.5 Å². The van der Waals surface area contributed by atoms with Crippen LogP contribution in [0.3, 0.4) is 0 Å². The van der Waals surface area contributed by atoms with E-state index in [1.54, 1.807) is 4.90 Å². The van der Waals surface area contributed by atoms with Crippen LogP contribution in [-0.2, 0) is 0 Å². The number of carbonyl (C=O) groups excluding carboxylic acids is 2. The maximum Gasteiger partial charge on any atom is 0.270 e. The molecule has 7 heteroatoms. The zero-order valence-corrected chi connectivity index (χ0v) is 18.1. The molecule has 0 bridgehead atoms. The van der Waals surface area contributed by atoms with E-state index in [-0.39, 0.29) is 17.9 Å². The molecule has 2 aromatic rings. The van der Waals surface area contributed by atoms with Crippen LogP contribution in [0.2, 0.25) is 0 Å². The summed E-state index contributed by atoms with van der Waals surface area (Å²) in [5.41, 5.74) is 2.09. The van der Waals surface area contributed by atoms with Crippen LogP contribution >= 0.6 is 0 Å². The zero-order chi connectivity index (χ0) is 21.4. The number of likely N-dealkylation sites (tertiary alicyclic amines) is 1. The molecule has 3 heterocycles. The van der Waals surface area contributed by atoms with E-state index < -0.39 is 0 Å². The van der Waals surface area contributed by atoms with Crippen molar-refractivity contribution in [2.75, 3.05) is 39.3 Å². The number of aromatic amines is 1. The SMILES string of the molecule is O=C(c1ccc2[nH]c(C(=O)N3CCC(O)CC3)cc2c1)N1CCN(C2CCCC2)CC1. The molecule has 7 nitrogen and oxygen atoms in total. The lowest BCUT2D eigenvalue weighted by molar-refractivity contribution is 0.0541. The highest BCUT2D eigenvalue weighted by Gasteiger charge is 2.28. The Bertz CT molecular complexity index is 949. The Balaban J connectivity index is 1.25. The molecule has 2 aliphatic heterocycles. The number of carbonyl (C=O) groups is 2. The van der Waals surface area contributed by atoms with Crippen molar-refractivity contribution in [1.29, 1.82) is 0 Å². The van der Waals surface area contributed by atoms with Gasteiger partial charge < -0.3 is 19.9 Å². The van der Waals surface area contributed by atoms with Crippen LogP contribution in [0.1, 0.15) is 59.4 Å². The van der Waals surface area contributed by atoms with E-state index in [2.05, 4.69) is 9.88 Å². The Morgan fingerprint density at radius 1 is 0.839 bits per heavy atom. The van der Waals surface area contributed by atoms with E-state index >= 15 is 0 Å². The maximum absolute atomic E-state index is 13.1. The number of hydrogen-bond acceptors (Lipinski definition) is 4. The smallest absolute Gasteiger partial charge is 0.270 e.